The van der Waals surface area contributed by atoms with Crippen LogP contribution in [0.15, 0.2) is 22.6 Å². The van der Waals surface area contributed by atoms with Crippen LogP contribution in [0.2, 0.25) is 5.02 Å². The molecule has 1 aromatic heterocycles. The normalized spacial score (nSPS) is 34.2. The molecule has 4 fully saturated rings. The van der Waals surface area contributed by atoms with Crippen LogP contribution in [0.1, 0.15) is 50.3 Å². The molecular formula is C21H23ClN2O4S. The van der Waals surface area contributed by atoms with Gasteiger partial charge < -0.3 is 9.73 Å². The number of sulfone groups is 1. The van der Waals surface area contributed by atoms with Crippen LogP contribution in [-0.2, 0) is 14.6 Å². The molecular weight excluding hydrogens is 412 g/mol. The molecule has 0 bridgehead atoms. The Bertz CT molecular complexity index is 1110. The SMILES string of the molecule is O=C(NC1CC2(C1)CC(c1nc3cc(Cl)ccc3o1)C2)C1CC2(C1)CS(=O)(=O)C2. The molecule has 1 saturated heterocycles. The average Bonchev–Trinajstić information content (AvgIpc) is 2.93. The highest BCUT2D eigenvalue weighted by atomic mass is 35.5. The third-order valence-corrected chi connectivity index (χ3v) is 9.90. The maximum Gasteiger partial charge on any atom is 0.223 e. The van der Waals surface area contributed by atoms with Gasteiger partial charge in [0.1, 0.15) is 5.52 Å². The van der Waals surface area contributed by atoms with Crippen molar-refractivity contribution in [1.29, 1.82) is 0 Å². The van der Waals surface area contributed by atoms with Crippen molar-refractivity contribution in [3.05, 3.63) is 29.1 Å². The van der Waals surface area contributed by atoms with Gasteiger partial charge in [-0.1, -0.05) is 11.6 Å². The highest BCUT2D eigenvalue weighted by molar-refractivity contribution is 7.92. The molecule has 2 heterocycles. The summed E-state index contributed by atoms with van der Waals surface area (Å²) in [7, 11) is -2.82. The summed E-state index contributed by atoms with van der Waals surface area (Å²) in [4.78, 5) is 17.1. The number of amides is 1. The third kappa shape index (κ3) is 2.92. The van der Waals surface area contributed by atoms with E-state index in [1.54, 1.807) is 0 Å². The monoisotopic (exact) mass is 434 g/mol. The van der Waals surface area contributed by atoms with Gasteiger partial charge in [0.05, 0.1) is 11.5 Å². The van der Waals surface area contributed by atoms with Crippen molar-refractivity contribution in [3.8, 4) is 0 Å². The zero-order valence-corrected chi connectivity index (χ0v) is 17.6. The van der Waals surface area contributed by atoms with Crippen LogP contribution in [0.4, 0.5) is 0 Å². The molecule has 1 aromatic carbocycles. The second-order valence-corrected chi connectivity index (χ2v) is 12.5. The van der Waals surface area contributed by atoms with Crippen LogP contribution < -0.4 is 5.32 Å². The van der Waals surface area contributed by atoms with E-state index in [1.807, 2.05) is 18.2 Å². The number of hydrogen-bond acceptors (Lipinski definition) is 5. The van der Waals surface area contributed by atoms with E-state index in [0.717, 1.165) is 55.5 Å². The van der Waals surface area contributed by atoms with E-state index >= 15 is 0 Å². The number of fused-ring (bicyclic) bond motifs is 1. The van der Waals surface area contributed by atoms with E-state index in [4.69, 9.17) is 16.0 Å². The maximum atomic E-state index is 12.5. The first kappa shape index (κ1) is 18.2. The number of carbonyl (C=O) groups excluding carboxylic acids is 1. The number of rotatable bonds is 3. The fourth-order valence-electron chi connectivity index (χ4n) is 6.29. The minimum atomic E-state index is -2.82. The molecule has 154 valence electrons. The fraction of sp³-hybridized carbons (Fsp3) is 0.619. The number of oxazole rings is 1. The molecule has 2 aromatic rings. The van der Waals surface area contributed by atoms with E-state index in [1.165, 1.54) is 0 Å². The van der Waals surface area contributed by atoms with Gasteiger partial charge in [-0.05, 0) is 67.6 Å². The van der Waals surface area contributed by atoms with Crippen LogP contribution in [0.25, 0.3) is 11.1 Å². The predicted octanol–water partition coefficient (Wildman–Crippen LogP) is 3.45. The predicted molar refractivity (Wildman–Crippen MR) is 108 cm³/mol. The van der Waals surface area contributed by atoms with E-state index in [9.17, 15) is 13.2 Å². The van der Waals surface area contributed by atoms with Gasteiger partial charge in [0, 0.05) is 22.9 Å². The molecule has 1 aliphatic heterocycles. The number of carbonyl (C=O) groups is 1. The molecule has 1 amide bonds. The molecule has 4 aliphatic rings. The summed E-state index contributed by atoms with van der Waals surface area (Å²) in [6.45, 7) is 0. The molecule has 0 unspecified atom stereocenters. The lowest BCUT2D eigenvalue weighted by Crippen LogP contribution is -2.61. The second kappa shape index (κ2) is 5.76. The minimum Gasteiger partial charge on any atom is -0.440 e. The molecule has 1 N–H and O–H groups in total. The van der Waals surface area contributed by atoms with E-state index in [2.05, 4.69) is 10.3 Å². The lowest BCUT2D eigenvalue weighted by atomic mass is 9.50. The van der Waals surface area contributed by atoms with Gasteiger partial charge in [-0.3, -0.25) is 4.79 Å². The zero-order valence-electron chi connectivity index (χ0n) is 16.0. The number of hydrogen-bond donors (Lipinski definition) is 1. The lowest BCUT2D eigenvalue weighted by Gasteiger charge is -2.58. The van der Waals surface area contributed by atoms with E-state index in [-0.39, 0.29) is 34.8 Å². The van der Waals surface area contributed by atoms with Crippen LogP contribution in [0, 0.1) is 16.7 Å². The summed E-state index contributed by atoms with van der Waals surface area (Å²) in [5.74, 6) is 1.83. The Morgan fingerprint density at radius 1 is 1.10 bits per heavy atom. The first-order valence-electron chi connectivity index (χ1n) is 10.3. The maximum absolute atomic E-state index is 12.5. The van der Waals surface area contributed by atoms with E-state index in [0.29, 0.717) is 16.4 Å². The summed E-state index contributed by atoms with van der Waals surface area (Å²) in [5.41, 5.74) is 1.84. The van der Waals surface area contributed by atoms with Crippen molar-refractivity contribution in [1.82, 2.24) is 10.3 Å². The fourth-order valence-corrected chi connectivity index (χ4v) is 8.71. The Morgan fingerprint density at radius 2 is 1.83 bits per heavy atom. The Kier molecular flexibility index (Phi) is 3.61. The Balaban J connectivity index is 0.989. The highest BCUT2D eigenvalue weighted by Crippen LogP contribution is 2.62. The van der Waals surface area contributed by atoms with Gasteiger partial charge in [-0.2, -0.15) is 0 Å². The molecule has 3 saturated carbocycles. The summed E-state index contributed by atoms with van der Waals surface area (Å²) in [6.07, 6.45) is 5.63. The minimum absolute atomic E-state index is 0.00256. The van der Waals surface area contributed by atoms with Crippen LogP contribution in [0.5, 0.6) is 0 Å². The van der Waals surface area contributed by atoms with Gasteiger partial charge in [0.25, 0.3) is 0 Å². The lowest BCUT2D eigenvalue weighted by molar-refractivity contribution is -0.135. The molecule has 8 heteroatoms. The Hall–Kier alpha value is -1.60. The van der Waals surface area contributed by atoms with Crippen molar-refractivity contribution in [2.24, 2.45) is 16.7 Å². The molecule has 3 aliphatic carbocycles. The summed E-state index contributed by atoms with van der Waals surface area (Å²) in [6, 6.07) is 5.76. The topological polar surface area (TPSA) is 89.3 Å². The third-order valence-electron chi connectivity index (χ3n) is 7.56. The number of aromatic nitrogens is 1. The molecule has 2 spiro atoms. The van der Waals surface area contributed by atoms with Crippen LogP contribution in [-0.4, -0.2) is 36.9 Å². The Labute approximate surface area is 174 Å². The number of nitrogens with zero attached hydrogens (tertiary/aromatic N) is 1. The summed E-state index contributed by atoms with van der Waals surface area (Å²) >= 11 is 6.02. The van der Waals surface area contributed by atoms with E-state index < -0.39 is 9.84 Å². The number of nitrogens with one attached hydrogen (secondary N) is 1. The molecule has 6 nitrogen and oxygen atoms in total. The molecule has 0 radical (unpaired) electrons. The second-order valence-electron chi connectivity index (χ2n) is 10.0. The van der Waals surface area contributed by atoms with Crippen LogP contribution >= 0.6 is 11.6 Å². The molecule has 6 rings (SSSR count). The molecule has 29 heavy (non-hydrogen) atoms. The first-order chi connectivity index (χ1) is 13.7. The number of halogens is 1. The van der Waals surface area contributed by atoms with Crippen molar-refractivity contribution in [2.45, 2.75) is 50.5 Å². The van der Waals surface area contributed by atoms with Gasteiger partial charge >= 0.3 is 0 Å². The van der Waals surface area contributed by atoms with Gasteiger partial charge in [-0.15, -0.1) is 0 Å². The van der Waals surface area contributed by atoms with Crippen molar-refractivity contribution >= 4 is 38.4 Å². The summed E-state index contributed by atoms with van der Waals surface area (Å²) in [5, 5.41) is 3.85. The van der Waals surface area contributed by atoms with Crippen molar-refractivity contribution in [2.75, 3.05) is 11.5 Å². The van der Waals surface area contributed by atoms with Gasteiger partial charge in [0.15, 0.2) is 21.3 Å². The zero-order chi connectivity index (χ0) is 20.0. The van der Waals surface area contributed by atoms with Crippen molar-refractivity contribution < 1.29 is 17.6 Å². The summed E-state index contributed by atoms with van der Waals surface area (Å²) < 4.78 is 28.7. The quantitative estimate of drug-likeness (QED) is 0.799. The largest absolute Gasteiger partial charge is 0.440 e. The van der Waals surface area contributed by atoms with Gasteiger partial charge in [-0.25, -0.2) is 13.4 Å². The van der Waals surface area contributed by atoms with Crippen LogP contribution in [0.3, 0.4) is 0 Å². The standard InChI is InChI=1S/C21H23ClN2O4S/c22-14-1-2-17-16(3-14)24-19(28-17)13-6-20(7-13)8-15(9-20)23-18(25)12-4-21(5-12)10-29(26,27)11-21/h1-3,12-13,15H,4-11H2,(H,23,25). The smallest absolute Gasteiger partial charge is 0.223 e. The van der Waals surface area contributed by atoms with Crippen molar-refractivity contribution in [3.63, 3.8) is 0 Å². The average molecular weight is 435 g/mol. The first-order valence-corrected chi connectivity index (χ1v) is 12.5. The van der Waals surface area contributed by atoms with Gasteiger partial charge in [0.2, 0.25) is 5.91 Å². The highest BCUT2D eigenvalue weighted by Gasteiger charge is 2.59. The number of benzene rings is 1. The molecule has 0 atom stereocenters. The Morgan fingerprint density at radius 3 is 2.52 bits per heavy atom.